The Balaban J connectivity index is 2.32. The Bertz CT molecular complexity index is 207. The van der Waals surface area contributed by atoms with E-state index in [1.807, 2.05) is 0 Å². The summed E-state index contributed by atoms with van der Waals surface area (Å²) in [6, 6.07) is 0. The molecule has 1 atom stereocenters. The van der Waals surface area contributed by atoms with Crippen molar-refractivity contribution in [2.75, 3.05) is 13.1 Å². The van der Waals surface area contributed by atoms with E-state index in [0.29, 0.717) is 5.41 Å². The quantitative estimate of drug-likeness (QED) is 0.530. The van der Waals surface area contributed by atoms with E-state index in [1.54, 1.807) is 0 Å². The zero-order valence-corrected chi connectivity index (χ0v) is 6.41. The summed E-state index contributed by atoms with van der Waals surface area (Å²) in [6.45, 7) is 8.52. The van der Waals surface area contributed by atoms with Crippen LogP contribution in [0, 0.1) is 5.41 Å². The van der Waals surface area contributed by atoms with Gasteiger partial charge in [-0.1, -0.05) is 18.2 Å². The highest BCUT2D eigenvalue weighted by Gasteiger charge is 2.42. The summed E-state index contributed by atoms with van der Waals surface area (Å²) in [6.07, 6.45) is 3.46. The highest BCUT2D eigenvalue weighted by atomic mass is 14.9. The van der Waals surface area contributed by atoms with Crippen molar-refractivity contribution in [3.8, 4) is 0 Å². The average molecular weight is 135 g/mol. The molecule has 0 aromatic rings. The fraction of sp³-hybridized carbons (Fsp3) is 0.556. The largest absolute Gasteiger partial charge is 0.315 e. The second-order valence-corrected chi connectivity index (χ2v) is 3.36. The number of hydrogen-bond acceptors (Lipinski definition) is 1. The van der Waals surface area contributed by atoms with Gasteiger partial charge in [0.25, 0.3) is 0 Å². The van der Waals surface area contributed by atoms with Gasteiger partial charge in [-0.05, 0) is 25.5 Å². The van der Waals surface area contributed by atoms with Gasteiger partial charge in [0.15, 0.2) is 0 Å². The Labute approximate surface area is 61.8 Å². The molecule has 10 heavy (non-hydrogen) atoms. The van der Waals surface area contributed by atoms with E-state index in [2.05, 4.69) is 24.9 Å². The van der Waals surface area contributed by atoms with Crippen molar-refractivity contribution in [2.24, 2.45) is 5.41 Å². The van der Waals surface area contributed by atoms with Crippen LogP contribution in [0.4, 0.5) is 0 Å². The van der Waals surface area contributed by atoms with E-state index in [4.69, 9.17) is 0 Å². The molecule has 1 aliphatic heterocycles. The van der Waals surface area contributed by atoms with E-state index < -0.39 is 0 Å². The summed E-state index contributed by atoms with van der Waals surface area (Å²) in [5.41, 5.74) is 3.23. The lowest BCUT2D eigenvalue weighted by molar-refractivity contribution is 0.455. The first-order valence-electron chi connectivity index (χ1n) is 3.85. The van der Waals surface area contributed by atoms with E-state index in [9.17, 15) is 0 Å². The molecule has 1 spiro atoms. The molecule has 1 unspecified atom stereocenters. The molecule has 0 saturated carbocycles. The van der Waals surface area contributed by atoms with Gasteiger partial charge in [-0.2, -0.15) is 0 Å². The molecular formula is C9H13N. The van der Waals surface area contributed by atoms with Crippen LogP contribution in [-0.4, -0.2) is 13.1 Å². The standard InChI is InChI=1S/C9H13N/c1-7-5-8(2)9(7)3-4-10-6-9/h5,10H,1,3-4,6H2,2H3. The molecule has 1 N–H and O–H groups in total. The first kappa shape index (κ1) is 6.17. The third-order valence-electron chi connectivity index (χ3n) is 2.92. The SMILES string of the molecule is C=C1C=C(C)C12CCNC2. The molecule has 1 heteroatoms. The Kier molecular flexibility index (Phi) is 1.07. The van der Waals surface area contributed by atoms with Crippen LogP contribution < -0.4 is 5.32 Å². The van der Waals surface area contributed by atoms with E-state index >= 15 is 0 Å². The van der Waals surface area contributed by atoms with Crippen molar-refractivity contribution in [3.05, 3.63) is 23.8 Å². The zero-order valence-electron chi connectivity index (χ0n) is 6.41. The normalized spacial score (nSPS) is 38.1. The molecule has 1 saturated heterocycles. The van der Waals surface area contributed by atoms with Gasteiger partial charge in [0.2, 0.25) is 0 Å². The maximum absolute atomic E-state index is 4.03. The molecule has 0 aromatic heterocycles. The monoisotopic (exact) mass is 135 g/mol. The molecule has 1 heterocycles. The molecule has 54 valence electrons. The highest BCUT2D eigenvalue weighted by molar-refractivity contribution is 5.48. The number of rotatable bonds is 0. The minimum absolute atomic E-state index is 0.389. The summed E-state index contributed by atoms with van der Waals surface area (Å²) in [4.78, 5) is 0. The lowest BCUT2D eigenvalue weighted by Gasteiger charge is -2.38. The molecule has 1 fully saturated rings. The predicted molar refractivity (Wildman–Crippen MR) is 42.8 cm³/mol. The Morgan fingerprint density at radius 3 is 2.80 bits per heavy atom. The van der Waals surface area contributed by atoms with Crippen LogP contribution >= 0.6 is 0 Å². The fourth-order valence-electron chi connectivity index (χ4n) is 2.02. The Morgan fingerprint density at radius 2 is 2.50 bits per heavy atom. The van der Waals surface area contributed by atoms with Gasteiger partial charge >= 0.3 is 0 Å². The van der Waals surface area contributed by atoms with Crippen LogP contribution in [0.2, 0.25) is 0 Å². The first-order valence-corrected chi connectivity index (χ1v) is 3.85. The third-order valence-corrected chi connectivity index (χ3v) is 2.92. The van der Waals surface area contributed by atoms with Crippen LogP contribution in [-0.2, 0) is 0 Å². The van der Waals surface area contributed by atoms with E-state index in [1.165, 1.54) is 17.6 Å². The molecule has 2 aliphatic rings. The van der Waals surface area contributed by atoms with Gasteiger partial charge in [0.05, 0.1) is 0 Å². The van der Waals surface area contributed by atoms with Gasteiger partial charge in [0.1, 0.15) is 0 Å². The lowest BCUT2D eigenvalue weighted by atomic mass is 9.65. The maximum Gasteiger partial charge on any atom is 0.0293 e. The Morgan fingerprint density at radius 1 is 1.70 bits per heavy atom. The molecule has 2 rings (SSSR count). The average Bonchev–Trinajstić information content (AvgIpc) is 2.37. The van der Waals surface area contributed by atoms with Crippen molar-refractivity contribution in [2.45, 2.75) is 13.3 Å². The van der Waals surface area contributed by atoms with Crippen LogP contribution in [0.3, 0.4) is 0 Å². The molecule has 1 nitrogen and oxygen atoms in total. The van der Waals surface area contributed by atoms with Gasteiger partial charge in [-0.3, -0.25) is 0 Å². The van der Waals surface area contributed by atoms with Crippen molar-refractivity contribution in [1.82, 2.24) is 5.32 Å². The van der Waals surface area contributed by atoms with Gasteiger partial charge in [0, 0.05) is 12.0 Å². The van der Waals surface area contributed by atoms with E-state index in [0.717, 1.165) is 13.1 Å². The topological polar surface area (TPSA) is 12.0 Å². The van der Waals surface area contributed by atoms with Crippen LogP contribution in [0.15, 0.2) is 23.8 Å². The minimum Gasteiger partial charge on any atom is -0.315 e. The fourth-order valence-corrected chi connectivity index (χ4v) is 2.02. The molecule has 0 bridgehead atoms. The molecule has 1 aliphatic carbocycles. The van der Waals surface area contributed by atoms with E-state index in [-0.39, 0.29) is 0 Å². The van der Waals surface area contributed by atoms with Crippen molar-refractivity contribution in [3.63, 3.8) is 0 Å². The molecule has 0 radical (unpaired) electrons. The second kappa shape index (κ2) is 1.73. The highest BCUT2D eigenvalue weighted by Crippen LogP contribution is 2.48. The van der Waals surface area contributed by atoms with Crippen LogP contribution in [0.1, 0.15) is 13.3 Å². The van der Waals surface area contributed by atoms with Gasteiger partial charge in [-0.15, -0.1) is 0 Å². The third kappa shape index (κ3) is 0.517. The van der Waals surface area contributed by atoms with Crippen LogP contribution in [0.5, 0.6) is 0 Å². The molecule has 0 amide bonds. The number of nitrogens with one attached hydrogen (secondary N) is 1. The number of hydrogen-bond donors (Lipinski definition) is 1. The van der Waals surface area contributed by atoms with Gasteiger partial charge < -0.3 is 5.32 Å². The van der Waals surface area contributed by atoms with Crippen LogP contribution in [0.25, 0.3) is 0 Å². The van der Waals surface area contributed by atoms with Crippen molar-refractivity contribution in [1.29, 1.82) is 0 Å². The predicted octanol–water partition coefficient (Wildman–Crippen LogP) is 1.48. The Hall–Kier alpha value is -0.560. The summed E-state index contributed by atoms with van der Waals surface area (Å²) < 4.78 is 0. The maximum atomic E-state index is 4.03. The molecule has 0 aromatic carbocycles. The smallest absolute Gasteiger partial charge is 0.0293 e. The zero-order chi connectivity index (χ0) is 7.19. The summed E-state index contributed by atoms with van der Waals surface area (Å²) in [7, 11) is 0. The summed E-state index contributed by atoms with van der Waals surface area (Å²) in [5.74, 6) is 0. The lowest BCUT2D eigenvalue weighted by Crippen LogP contribution is -2.33. The summed E-state index contributed by atoms with van der Waals surface area (Å²) >= 11 is 0. The van der Waals surface area contributed by atoms with Gasteiger partial charge in [-0.25, -0.2) is 0 Å². The number of allylic oxidation sites excluding steroid dienone is 1. The molecular weight excluding hydrogens is 122 g/mol. The van der Waals surface area contributed by atoms with Crippen molar-refractivity contribution >= 4 is 0 Å². The minimum atomic E-state index is 0.389. The summed E-state index contributed by atoms with van der Waals surface area (Å²) in [5, 5.41) is 3.37. The van der Waals surface area contributed by atoms with Crippen molar-refractivity contribution < 1.29 is 0 Å². The second-order valence-electron chi connectivity index (χ2n) is 3.36. The first-order chi connectivity index (χ1) is 4.76.